The summed E-state index contributed by atoms with van der Waals surface area (Å²) in [6.45, 7) is 7.33. The maximum absolute atomic E-state index is 12.1. The predicted octanol–water partition coefficient (Wildman–Crippen LogP) is 3.26. The number of carbonyl (C=O) groups excluding carboxylic acids is 3. The standard InChI is InChI=1S/C21H32N2O5/c1-6-7-8-9-10-11-12-13-14-16(2)19(24)22-17(3)20(25)23-18(15-27-4)21(26)28-5/h12-15H,3,6-11H2,1-2,4-5H3,(H,22,24)(H,23,25)/b13-12+,16-14+,18-15-. The summed E-state index contributed by atoms with van der Waals surface area (Å²) in [5.74, 6) is -1.99. The molecule has 0 aromatic heterocycles. The van der Waals surface area contributed by atoms with E-state index in [2.05, 4.69) is 28.9 Å². The molecule has 0 unspecified atom stereocenters. The molecule has 7 heteroatoms. The second-order valence-corrected chi connectivity index (χ2v) is 6.13. The normalized spacial score (nSPS) is 11.9. The van der Waals surface area contributed by atoms with E-state index in [9.17, 15) is 14.4 Å². The van der Waals surface area contributed by atoms with Crippen LogP contribution in [0.2, 0.25) is 0 Å². The lowest BCUT2D eigenvalue weighted by atomic mass is 10.1. The van der Waals surface area contributed by atoms with Crippen molar-refractivity contribution < 1.29 is 23.9 Å². The molecule has 0 bridgehead atoms. The first-order valence-corrected chi connectivity index (χ1v) is 9.33. The summed E-state index contributed by atoms with van der Waals surface area (Å²) in [5, 5.41) is 4.66. The van der Waals surface area contributed by atoms with Crippen LogP contribution in [0, 0.1) is 0 Å². The Hall–Kier alpha value is -2.83. The number of amides is 2. The molecule has 0 saturated carbocycles. The van der Waals surface area contributed by atoms with E-state index in [-0.39, 0.29) is 11.4 Å². The fraction of sp³-hybridized carbons (Fsp3) is 0.476. The lowest BCUT2D eigenvalue weighted by Crippen LogP contribution is -2.36. The van der Waals surface area contributed by atoms with Crippen molar-refractivity contribution in [1.29, 1.82) is 0 Å². The molecule has 2 amide bonds. The van der Waals surface area contributed by atoms with E-state index >= 15 is 0 Å². The zero-order chi connectivity index (χ0) is 21.4. The maximum Gasteiger partial charge on any atom is 0.357 e. The number of ether oxygens (including phenoxy) is 2. The van der Waals surface area contributed by atoms with Crippen molar-refractivity contribution in [3.8, 4) is 0 Å². The summed E-state index contributed by atoms with van der Waals surface area (Å²) in [5.41, 5.74) is 0.0138. The molecule has 0 saturated heterocycles. The van der Waals surface area contributed by atoms with Gasteiger partial charge in [-0.2, -0.15) is 0 Å². The molecule has 0 atom stereocenters. The number of rotatable bonds is 13. The van der Waals surface area contributed by atoms with E-state index in [1.54, 1.807) is 13.0 Å². The topological polar surface area (TPSA) is 93.7 Å². The Balaban J connectivity index is 4.50. The Labute approximate surface area is 167 Å². The zero-order valence-electron chi connectivity index (χ0n) is 17.3. The highest BCUT2D eigenvalue weighted by atomic mass is 16.5. The summed E-state index contributed by atoms with van der Waals surface area (Å²) in [7, 11) is 2.49. The summed E-state index contributed by atoms with van der Waals surface area (Å²) in [6.07, 6.45) is 13.6. The number of allylic oxidation sites excluding steroid dienone is 3. The van der Waals surface area contributed by atoms with Gasteiger partial charge < -0.3 is 20.1 Å². The molecule has 0 aromatic rings. The minimum Gasteiger partial charge on any atom is -0.502 e. The monoisotopic (exact) mass is 392 g/mol. The van der Waals surface area contributed by atoms with Gasteiger partial charge in [0.1, 0.15) is 6.26 Å². The maximum atomic E-state index is 12.1. The molecular weight excluding hydrogens is 360 g/mol. The van der Waals surface area contributed by atoms with Gasteiger partial charge in [0.15, 0.2) is 5.70 Å². The molecule has 0 spiro atoms. The predicted molar refractivity (Wildman–Crippen MR) is 109 cm³/mol. The third kappa shape index (κ3) is 11.0. The Kier molecular flexibility index (Phi) is 13.7. The van der Waals surface area contributed by atoms with E-state index in [4.69, 9.17) is 4.74 Å². The van der Waals surface area contributed by atoms with Crippen molar-refractivity contribution in [1.82, 2.24) is 10.6 Å². The fourth-order valence-electron chi connectivity index (χ4n) is 2.10. The molecule has 0 rings (SSSR count). The van der Waals surface area contributed by atoms with Crippen molar-refractivity contribution in [3.05, 3.63) is 48.0 Å². The van der Waals surface area contributed by atoms with Crippen LogP contribution in [0.4, 0.5) is 0 Å². The molecule has 2 N–H and O–H groups in total. The number of hydrogen-bond donors (Lipinski definition) is 2. The highest BCUT2D eigenvalue weighted by molar-refractivity contribution is 6.04. The van der Waals surface area contributed by atoms with Gasteiger partial charge in [-0.3, -0.25) is 9.59 Å². The van der Waals surface area contributed by atoms with Crippen LogP contribution in [-0.4, -0.2) is 32.0 Å². The minimum absolute atomic E-state index is 0.205. The molecule has 0 aliphatic rings. The quantitative estimate of drug-likeness (QED) is 0.165. The van der Waals surface area contributed by atoms with Crippen LogP contribution in [0.15, 0.2) is 48.0 Å². The molecule has 28 heavy (non-hydrogen) atoms. The van der Waals surface area contributed by atoms with E-state index in [1.807, 2.05) is 12.2 Å². The first-order chi connectivity index (χ1) is 13.4. The van der Waals surface area contributed by atoms with E-state index < -0.39 is 17.8 Å². The van der Waals surface area contributed by atoms with Crippen molar-refractivity contribution in [2.24, 2.45) is 0 Å². The largest absolute Gasteiger partial charge is 0.502 e. The van der Waals surface area contributed by atoms with Gasteiger partial charge in [-0.15, -0.1) is 0 Å². The summed E-state index contributed by atoms with van der Waals surface area (Å²) >= 11 is 0. The first-order valence-electron chi connectivity index (χ1n) is 9.33. The molecule has 0 aromatic carbocycles. The highest BCUT2D eigenvalue weighted by Crippen LogP contribution is 2.06. The van der Waals surface area contributed by atoms with Crippen molar-refractivity contribution in [3.63, 3.8) is 0 Å². The first kappa shape index (κ1) is 25.2. The van der Waals surface area contributed by atoms with Gasteiger partial charge in [-0.25, -0.2) is 4.79 Å². The fourth-order valence-corrected chi connectivity index (χ4v) is 2.10. The summed E-state index contributed by atoms with van der Waals surface area (Å²) in [6, 6.07) is 0. The molecule has 0 radical (unpaired) electrons. The van der Waals surface area contributed by atoms with Crippen LogP contribution in [0.25, 0.3) is 0 Å². The molecule has 0 aliphatic carbocycles. The Morgan fingerprint density at radius 3 is 2.29 bits per heavy atom. The smallest absolute Gasteiger partial charge is 0.357 e. The summed E-state index contributed by atoms with van der Waals surface area (Å²) in [4.78, 5) is 35.7. The van der Waals surface area contributed by atoms with Crippen LogP contribution in [-0.2, 0) is 23.9 Å². The minimum atomic E-state index is -0.787. The van der Waals surface area contributed by atoms with Gasteiger partial charge in [0, 0.05) is 5.57 Å². The molecule has 0 fully saturated rings. The number of esters is 1. The van der Waals surface area contributed by atoms with Gasteiger partial charge in [0.25, 0.3) is 11.8 Å². The van der Waals surface area contributed by atoms with Crippen molar-refractivity contribution >= 4 is 17.8 Å². The van der Waals surface area contributed by atoms with E-state index in [1.165, 1.54) is 39.9 Å². The van der Waals surface area contributed by atoms with Gasteiger partial charge in [-0.05, 0) is 19.8 Å². The Morgan fingerprint density at radius 2 is 1.68 bits per heavy atom. The van der Waals surface area contributed by atoms with Crippen LogP contribution in [0.3, 0.4) is 0 Å². The van der Waals surface area contributed by atoms with Crippen LogP contribution < -0.4 is 10.6 Å². The van der Waals surface area contributed by atoms with Crippen LogP contribution in [0.5, 0.6) is 0 Å². The van der Waals surface area contributed by atoms with Crippen LogP contribution >= 0.6 is 0 Å². The van der Waals surface area contributed by atoms with E-state index in [0.29, 0.717) is 5.57 Å². The second kappa shape index (κ2) is 15.2. The second-order valence-electron chi connectivity index (χ2n) is 6.13. The van der Waals surface area contributed by atoms with Gasteiger partial charge in [-0.1, -0.05) is 57.4 Å². The molecule has 156 valence electrons. The van der Waals surface area contributed by atoms with Gasteiger partial charge >= 0.3 is 5.97 Å². The van der Waals surface area contributed by atoms with Crippen LogP contribution in [0.1, 0.15) is 52.4 Å². The number of hydrogen-bond acceptors (Lipinski definition) is 5. The Bertz CT molecular complexity index is 633. The number of methoxy groups -OCH3 is 2. The lowest BCUT2D eigenvalue weighted by molar-refractivity contribution is -0.137. The number of carbonyl (C=O) groups is 3. The average Bonchev–Trinajstić information content (AvgIpc) is 2.68. The van der Waals surface area contributed by atoms with Crippen molar-refractivity contribution in [2.75, 3.05) is 14.2 Å². The number of nitrogens with one attached hydrogen (secondary N) is 2. The highest BCUT2D eigenvalue weighted by Gasteiger charge is 2.17. The third-order valence-corrected chi connectivity index (χ3v) is 3.74. The SMILES string of the molecule is C=C(NC(=O)/C(C)=C/C=C/CCCCCCC)C(=O)N/C(=C\OC)C(=O)OC. The Morgan fingerprint density at radius 1 is 1.00 bits per heavy atom. The molecule has 7 nitrogen and oxygen atoms in total. The molecular formula is C21H32N2O5. The van der Waals surface area contributed by atoms with Gasteiger partial charge in [0.05, 0.1) is 19.9 Å². The van der Waals surface area contributed by atoms with E-state index in [0.717, 1.165) is 19.1 Å². The van der Waals surface area contributed by atoms with Gasteiger partial charge in [0.2, 0.25) is 0 Å². The lowest BCUT2D eigenvalue weighted by Gasteiger charge is -2.10. The molecule has 0 aliphatic heterocycles. The zero-order valence-corrected chi connectivity index (χ0v) is 17.3. The third-order valence-electron chi connectivity index (χ3n) is 3.74. The molecule has 0 heterocycles. The van der Waals surface area contributed by atoms with Crippen molar-refractivity contribution in [2.45, 2.75) is 52.4 Å². The summed E-state index contributed by atoms with van der Waals surface area (Å²) < 4.78 is 9.23. The number of unbranched alkanes of at least 4 members (excludes halogenated alkanes) is 5. The average molecular weight is 392 g/mol.